The molecule has 1 aliphatic rings. The molecule has 88 valence electrons. The van der Waals surface area contributed by atoms with Gasteiger partial charge in [0.05, 0.1) is 12.6 Å². The number of ether oxygens (including phenoxy) is 1. The molecule has 1 saturated heterocycles. The van der Waals surface area contributed by atoms with Gasteiger partial charge in [0.2, 0.25) is 0 Å². The lowest BCUT2D eigenvalue weighted by Crippen LogP contribution is -2.35. The minimum absolute atomic E-state index is 0. The molecule has 1 heterocycles. The topological polar surface area (TPSA) is 38.3 Å². The van der Waals surface area contributed by atoms with Crippen molar-refractivity contribution < 1.29 is 9.53 Å². The molecule has 0 saturated carbocycles. The lowest BCUT2D eigenvalue weighted by molar-refractivity contribution is 0.115. The number of halogens is 3. The maximum Gasteiger partial charge on any atom is 0.407 e. The van der Waals surface area contributed by atoms with Gasteiger partial charge in [0, 0.05) is 16.5 Å². The lowest BCUT2D eigenvalue weighted by Gasteiger charge is -2.24. The normalized spacial score (nSPS) is 19.4. The average Bonchev–Trinajstić information content (AvgIpc) is 2.17. The zero-order valence-electron chi connectivity index (χ0n) is 8.20. The van der Waals surface area contributed by atoms with E-state index in [0.29, 0.717) is 23.1 Å². The highest BCUT2D eigenvalue weighted by Crippen LogP contribution is 2.29. The van der Waals surface area contributed by atoms with Crippen LogP contribution in [0.3, 0.4) is 0 Å². The summed E-state index contributed by atoms with van der Waals surface area (Å²) in [6.07, 6.45) is 0.310. The van der Waals surface area contributed by atoms with Crippen LogP contribution in [0, 0.1) is 0 Å². The Balaban J connectivity index is 0.00000128. The number of carbonyl (C=O) groups is 1. The van der Waals surface area contributed by atoms with Gasteiger partial charge in [0.15, 0.2) is 0 Å². The van der Waals surface area contributed by atoms with E-state index in [0.717, 1.165) is 5.56 Å². The predicted molar refractivity (Wildman–Crippen MR) is 65.6 cm³/mol. The van der Waals surface area contributed by atoms with Gasteiger partial charge < -0.3 is 10.1 Å². The Hall–Kier alpha value is -0.640. The third kappa shape index (κ3) is 2.94. The molecule has 0 radical (unpaired) electrons. The molecule has 0 unspecified atom stereocenters. The highest BCUT2D eigenvalue weighted by Gasteiger charge is 2.22. The first-order chi connectivity index (χ1) is 7.16. The van der Waals surface area contributed by atoms with Crippen LogP contribution in [0.4, 0.5) is 4.79 Å². The number of benzene rings is 1. The zero-order valence-corrected chi connectivity index (χ0v) is 10.5. The molecule has 1 aromatic carbocycles. The van der Waals surface area contributed by atoms with Crippen molar-refractivity contribution in [3.63, 3.8) is 0 Å². The highest BCUT2D eigenvalue weighted by molar-refractivity contribution is 6.35. The zero-order chi connectivity index (χ0) is 10.8. The molecule has 6 heteroatoms. The van der Waals surface area contributed by atoms with Crippen LogP contribution in [0.15, 0.2) is 18.2 Å². The standard InChI is InChI=1S/C10H9Cl2NO2.ClH/c11-6-1-2-7(8(12)5-6)9-3-4-15-10(14)13-9;/h1-2,5,9H,3-4H2,(H,13,14);1H/t9-;/m0./s1. The molecule has 16 heavy (non-hydrogen) atoms. The summed E-state index contributed by atoms with van der Waals surface area (Å²) in [6.45, 7) is 0.412. The van der Waals surface area contributed by atoms with Crippen molar-refractivity contribution in [2.75, 3.05) is 6.61 Å². The Morgan fingerprint density at radius 3 is 2.75 bits per heavy atom. The summed E-state index contributed by atoms with van der Waals surface area (Å²) in [7, 11) is 0. The monoisotopic (exact) mass is 281 g/mol. The minimum atomic E-state index is -0.405. The van der Waals surface area contributed by atoms with E-state index in [-0.39, 0.29) is 18.4 Å². The average molecular weight is 283 g/mol. The van der Waals surface area contributed by atoms with E-state index in [4.69, 9.17) is 27.9 Å². The van der Waals surface area contributed by atoms with Crippen molar-refractivity contribution >= 4 is 41.7 Å². The molecule has 0 aromatic heterocycles. The van der Waals surface area contributed by atoms with Gasteiger partial charge in [-0.3, -0.25) is 0 Å². The Kier molecular flexibility index (Phi) is 4.71. The summed E-state index contributed by atoms with van der Waals surface area (Å²) >= 11 is 11.8. The van der Waals surface area contributed by atoms with E-state index in [1.807, 2.05) is 6.07 Å². The second-order valence-electron chi connectivity index (χ2n) is 3.29. The number of carbonyl (C=O) groups excluding carboxylic acids is 1. The van der Waals surface area contributed by atoms with Gasteiger partial charge in [0.1, 0.15) is 0 Å². The van der Waals surface area contributed by atoms with Crippen molar-refractivity contribution in [3.8, 4) is 0 Å². The molecular weight excluding hydrogens is 272 g/mol. The fourth-order valence-corrected chi connectivity index (χ4v) is 2.08. The third-order valence-corrected chi connectivity index (χ3v) is 2.83. The number of rotatable bonds is 1. The Morgan fingerprint density at radius 1 is 1.38 bits per heavy atom. The SMILES string of the molecule is Cl.O=C1N[C@H](c2ccc(Cl)cc2Cl)CCO1. The summed E-state index contributed by atoms with van der Waals surface area (Å²) in [5, 5.41) is 3.85. The Bertz CT molecular complexity index is 398. The van der Waals surface area contributed by atoms with Gasteiger partial charge in [-0.2, -0.15) is 0 Å². The Labute approximate surface area is 109 Å². The Morgan fingerprint density at radius 2 is 2.12 bits per heavy atom. The van der Waals surface area contributed by atoms with Gasteiger partial charge in [-0.25, -0.2) is 4.79 Å². The van der Waals surface area contributed by atoms with Crippen LogP contribution in [0.1, 0.15) is 18.0 Å². The van der Waals surface area contributed by atoms with E-state index in [1.54, 1.807) is 12.1 Å². The second-order valence-corrected chi connectivity index (χ2v) is 4.13. The molecule has 2 rings (SSSR count). The third-order valence-electron chi connectivity index (χ3n) is 2.27. The number of hydrogen-bond donors (Lipinski definition) is 1. The van der Waals surface area contributed by atoms with E-state index >= 15 is 0 Å². The quantitative estimate of drug-likeness (QED) is 0.855. The van der Waals surface area contributed by atoms with Crippen LogP contribution in [0.5, 0.6) is 0 Å². The predicted octanol–water partition coefficient (Wildman–Crippen LogP) is 3.59. The van der Waals surface area contributed by atoms with E-state index in [2.05, 4.69) is 5.32 Å². The van der Waals surface area contributed by atoms with Gasteiger partial charge >= 0.3 is 6.09 Å². The smallest absolute Gasteiger partial charge is 0.407 e. The first-order valence-corrected chi connectivity index (χ1v) is 5.30. The van der Waals surface area contributed by atoms with Gasteiger partial charge in [-0.15, -0.1) is 12.4 Å². The first kappa shape index (κ1) is 13.4. The number of amides is 1. The van der Waals surface area contributed by atoms with Crippen LogP contribution < -0.4 is 5.32 Å². The van der Waals surface area contributed by atoms with Gasteiger partial charge in [0.25, 0.3) is 0 Å². The van der Waals surface area contributed by atoms with Crippen LogP contribution >= 0.6 is 35.6 Å². The summed E-state index contributed by atoms with van der Waals surface area (Å²) in [6, 6.07) is 5.15. The second kappa shape index (κ2) is 5.62. The summed E-state index contributed by atoms with van der Waals surface area (Å²) in [5.74, 6) is 0. The lowest BCUT2D eigenvalue weighted by atomic mass is 10.0. The van der Waals surface area contributed by atoms with Crippen LogP contribution in [-0.2, 0) is 4.74 Å². The summed E-state index contributed by atoms with van der Waals surface area (Å²) < 4.78 is 4.77. The van der Waals surface area contributed by atoms with Gasteiger partial charge in [-0.05, 0) is 17.7 Å². The fraction of sp³-hybridized carbons (Fsp3) is 0.300. The molecule has 0 bridgehead atoms. The molecule has 0 aliphatic carbocycles. The van der Waals surface area contributed by atoms with E-state index in [1.165, 1.54) is 0 Å². The van der Waals surface area contributed by atoms with E-state index in [9.17, 15) is 4.79 Å². The van der Waals surface area contributed by atoms with Crippen LogP contribution in [0.2, 0.25) is 10.0 Å². The number of hydrogen-bond acceptors (Lipinski definition) is 2. The van der Waals surface area contributed by atoms with Gasteiger partial charge in [-0.1, -0.05) is 29.3 Å². The summed E-state index contributed by atoms with van der Waals surface area (Å²) in [5.41, 5.74) is 0.873. The van der Waals surface area contributed by atoms with Crippen molar-refractivity contribution in [3.05, 3.63) is 33.8 Å². The maximum atomic E-state index is 11.0. The van der Waals surface area contributed by atoms with E-state index < -0.39 is 6.09 Å². The van der Waals surface area contributed by atoms with Crippen LogP contribution in [0.25, 0.3) is 0 Å². The number of cyclic esters (lactones) is 1. The maximum absolute atomic E-state index is 11.0. The molecule has 1 aliphatic heterocycles. The molecule has 1 N–H and O–H groups in total. The highest BCUT2D eigenvalue weighted by atomic mass is 35.5. The van der Waals surface area contributed by atoms with Crippen LogP contribution in [-0.4, -0.2) is 12.7 Å². The molecule has 1 amide bonds. The van der Waals surface area contributed by atoms with Crippen molar-refractivity contribution in [1.29, 1.82) is 0 Å². The minimum Gasteiger partial charge on any atom is -0.449 e. The molecule has 1 aromatic rings. The fourth-order valence-electron chi connectivity index (χ4n) is 1.54. The molecule has 1 fully saturated rings. The number of nitrogens with one attached hydrogen (secondary N) is 1. The molecule has 3 nitrogen and oxygen atoms in total. The van der Waals surface area contributed by atoms with Crippen molar-refractivity contribution in [2.45, 2.75) is 12.5 Å². The van der Waals surface area contributed by atoms with Crippen molar-refractivity contribution in [2.24, 2.45) is 0 Å². The largest absolute Gasteiger partial charge is 0.449 e. The molecular formula is C10H10Cl3NO2. The molecule has 1 atom stereocenters. The molecule has 0 spiro atoms. The first-order valence-electron chi connectivity index (χ1n) is 4.55. The van der Waals surface area contributed by atoms with Crippen molar-refractivity contribution in [1.82, 2.24) is 5.32 Å². The summed E-state index contributed by atoms with van der Waals surface area (Å²) in [4.78, 5) is 11.0. The number of alkyl carbamates (subject to hydrolysis) is 1.